The summed E-state index contributed by atoms with van der Waals surface area (Å²) in [5.41, 5.74) is 3.35. The van der Waals surface area contributed by atoms with E-state index < -0.39 is 0 Å². The first-order chi connectivity index (χ1) is 10.3. The minimum absolute atomic E-state index is 0.196. The molecule has 0 spiro atoms. The lowest BCUT2D eigenvalue weighted by Crippen LogP contribution is -2.42. The highest BCUT2D eigenvalue weighted by molar-refractivity contribution is 7.07. The number of aromatic nitrogens is 5. The first kappa shape index (κ1) is 12.7. The lowest BCUT2D eigenvalue weighted by Gasteiger charge is -2.30. The summed E-state index contributed by atoms with van der Waals surface area (Å²) < 4.78 is 7.45. The lowest BCUT2D eigenvalue weighted by molar-refractivity contribution is 0.0526. The fourth-order valence-corrected chi connectivity index (χ4v) is 2.97. The van der Waals surface area contributed by atoms with Gasteiger partial charge in [0.25, 0.3) is 0 Å². The van der Waals surface area contributed by atoms with Crippen molar-refractivity contribution >= 4 is 28.4 Å². The Morgan fingerprint density at radius 1 is 1.33 bits per heavy atom. The number of rotatable bonds is 2. The van der Waals surface area contributed by atoms with Crippen LogP contribution in [0.25, 0.3) is 17.0 Å². The molecule has 21 heavy (non-hydrogen) atoms. The van der Waals surface area contributed by atoms with Crippen molar-refractivity contribution in [1.29, 1.82) is 0 Å². The Kier molecular flexibility index (Phi) is 3.04. The number of fused-ring (bicyclic) bond motifs is 1. The Labute approximate surface area is 125 Å². The predicted octanol–water partition coefficient (Wildman–Crippen LogP) is 1.50. The monoisotopic (exact) mass is 302 g/mol. The van der Waals surface area contributed by atoms with E-state index in [1.807, 2.05) is 9.95 Å². The van der Waals surface area contributed by atoms with E-state index in [-0.39, 0.29) is 6.10 Å². The van der Waals surface area contributed by atoms with Gasteiger partial charge in [0.15, 0.2) is 11.5 Å². The summed E-state index contributed by atoms with van der Waals surface area (Å²) >= 11 is 1.55. The summed E-state index contributed by atoms with van der Waals surface area (Å²) in [6.45, 7) is 4.37. The van der Waals surface area contributed by atoms with Gasteiger partial charge in [-0.15, -0.1) is 11.3 Å². The second-order valence-electron chi connectivity index (χ2n) is 4.97. The van der Waals surface area contributed by atoms with E-state index >= 15 is 0 Å². The SMILES string of the molecule is CC1CN(c2ncc3ncn(-c4cscn4)c3n2)CCO1. The minimum Gasteiger partial charge on any atom is -0.375 e. The number of morpholine rings is 1. The first-order valence-corrected chi connectivity index (χ1v) is 7.71. The van der Waals surface area contributed by atoms with Gasteiger partial charge in [0.2, 0.25) is 5.95 Å². The number of hydrogen-bond acceptors (Lipinski definition) is 7. The van der Waals surface area contributed by atoms with E-state index in [0.717, 1.165) is 36.0 Å². The molecule has 108 valence electrons. The summed E-state index contributed by atoms with van der Waals surface area (Å²) in [6, 6.07) is 0. The van der Waals surface area contributed by atoms with E-state index in [2.05, 4.69) is 31.8 Å². The van der Waals surface area contributed by atoms with E-state index in [1.165, 1.54) is 0 Å². The Hall–Kier alpha value is -2.06. The number of imidazole rings is 1. The number of ether oxygens (including phenoxy) is 1. The zero-order valence-corrected chi connectivity index (χ0v) is 12.3. The van der Waals surface area contributed by atoms with Gasteiger partial charge in [-0.25, -0.2) is 15.0 Å². The van der Waals surface area contributed by atoms with Crippen molar-refractivity contribution in [3.63, 3.8) is 0 Å². The van der Waals surface area contributed by atoms with Crippen LogP contribution in [0.3, 0.4) is 0 Å². The predicted molar refractivity (Wildman–Crippen MR) is 80.0 cm³/mol. The van der Waals surface area contributed by atoms with Crippen molar-refractivity contribution in [2.45, 2.75) is 13.0 Å². The third-order valence-electron chi connectivity index (χ3n) is 3.47. The largest absolute Gasteiger partial charge is 0.375 e. The molecule has 1 fully saturated rings. The molecular formula is C13H14N6OS. The number of thiazole rings is 1. The maximum atomic E-state index is 5.56. The van der Waals surface area contributed by atoms with Crippen molar-refractivity contribution < 1.29 is 4.74 Å². The third kappa shape index (κ3) is 2.26. The van der Waals surface area contributed by atoms with Crippen LogP contribution in [0.5, 0.6) is 0 Å². The molecule has 1 aliphatic heterocycles. The van der Waals surface area contributed by atoms with Crippen molar-refractivity contribution in [2.24, 2.45) is 0 Å². The topological polar surface area (TPSA) is 69.0 Å². The quantitative estimate of drug-likeness (QED) is 0.714. The number of hydrogen-bond donors (Lipinski definition) is 0. The minimum atomic E-state index is 0.196. The molecule has 0 aromatic carbocycles. The highest BCUT2D eigenvalue weighted by atomic mass is 32.1. The highest BCUT2D eigenvalue weighted by Crippen LogP contribution is 2.19. The van der Waals surface area contributed by atoms with Crippen molar-refractivity contribution in [3.8, 4) is 5.82 Å². The fourth-order valence-electron chi connectivity index (χ4n) is 2.45. The van der Waals surface area contributed by atoms with Crippen molar-refractivity contribution in [1.82, 2.24) is 24.5 Å². The summed E-state index contributed by atoms with van der Waals surface area (Å²) in [4.78, 5) is 19.9. The van der Waals surface area contributed by atoms with Gasteiger partial charge in [0, 0.05) is 18.5 Å². The van der Waals surface area contributed by atoms with Gasteiger partial charge in [0.05, 0.1) is 24.4 Å². The zero-order valence-electron chi connectivity index (χ0n) is 11.5. The summed E-state index contributed by atoms with van der Waals surface area (Å²) in [5, 5.41) is 1.97. The van der Waals surface area contributed by atoms with Crippen LogP contribution in [-0.2, 0) is 4.74 Å². The van der Waals surface area contributed by atoms with Crippen LogP contribution < -0.4 is 4.90 Å². The Morgan fingerprint density at radius 2 is 2.29 bits per heavy atom. The van der Waals surface area contributed by atoms with Crippen LogP contribution >= 0.6 is 11.3 Å². The van der Waals surface area contributed by atoms with Crippen molar-refractivity contribution in [2.75, 3.05) is 24.6 Å². The highest BCUT2D eigenvalue weighted by Gasteiger charge is 2.20. The average Bonchev–Trinajstić information content (AvgIpc) is 3.15. The second-order valence-corrected chi connectivity index (χ2v) is 5.69. The van der Waals surface area contributed by atoms with Crippen molar-refractivity contribution in [3.05, 3.63) is 23.4 Å². The van der Waals surface area contributed by atoms with Crippen LogP contribution in [-0.4, -0.2) is 50.3 Å². The van der Waals surface area contributed by atoms with Gasteiger partial charge >= 0.3 is 0 Å². The molecule has 1 atom stereocenters. The molecule has 3 aromatic heterocycles. The van der Waals surface area contributed by atoms with E-state index in [9.17, 15) is 0 Å². The molecule has 0 saturated carbocycles. The maximum Gasteiger partial charge on any atom is 0.227 e. The molecule has 1 aliphatic rings. The molecule has 4 rings (SSSR count). The van der Waals surface area contributed by atoms with Gasteiger partial charge < -0.3 is 9.64 Å². The van der Waals surface area contributed by atoms with Gasteiger partial charge in [-0.2, -0.15) is 4.98 Å². The standard InChI is InChI=1S/C13H14N6OS/c1-9-5-18(2-3-20-9)13-14-4-10-12(17-13)19(7-15-10)11-6-21-8-16-11/h4,6-9H,2-3,5H2,1H3. The normalized spacial score (nSPS) is 19.3. The first-order valence-electron chi connectivity index (χ1n) is 6.76. The van der Waals surface area contributed by atoms with Gasteiger partial charge in [-0.3, -0.25) is 4.57 Å². The van der Waals surface area contributed by atoms with Crippen LogP contribution in [0.15, 0.2) is 23.4 Å². The molecule has 8 heteroatoms. The van der Waals surface area contributed by atoms with Gasteiger partial charge in [0.1, 0.15) is 11.8 Å². The molecule has 0 amide bonds. The molecule has 0 bridgehead atoms. The van der Waals surface area contributed by atoms with Crippen LogP contribution in [0, 0.1) is 0 Å². The average molecular weight is 302 g/mol. The van der Waals surface area contributed by atoms with Crippen LogP contribution in [0.4, 0.5) is 5.95 Å². The smallest absolute Gasteiger partial charge is 0.227 e. The zero-order chi connectivity index (χ0) is 14.2. The second kappa shape index (κ2) is 5.05. The van der Waals surface area contributed by atoms with Crippen LogP contribution in [0.1, 0.15) is 6.92 Å². The molecule has 7 nitrogen and oxygen atoms in total. The Balaban J connectivity index is 1.76. The van der Waals surface area contributed by atoms with E-state index in [4.69, 9.17) is 4.74 Å². The molecule has 1 unspecified atom stereocenters. The Bertz CT molecular complexity index is 755. The molecule has 0 N–H and O–H groups in total. The van der Waals surface area contributed by atoms with Crippen LogP contribution in [0.2, 0.25) is 0 Å². The molecule has 4 heterocycles. The number of anilines is 1. The summed E-state index contributed by atoms with van der Waals surface area (Å²) in [7, 11) is 0. The van der Waals surface area contributed by atoms with E-state index in [0.29, 0.717) is 6.61 Å². The third-order valence-corrected chi connectivity index (χ3v) is 4.04. The lowest BCUT2D eigenvalue weighted by atomic mass is 10.3. The summed E-state index contributed by atoms with van der Waals surface area (Å²) in [6.07, 6.45) is 3.70. The van der Waals surface area contributed by atoms with E-state index in [1.54, 1.807) is 29.4 Å². The van der Waals surface area contributed by atoms with Gasteiger partial charge in [-0.1, -0.05) is 0 Å². The number of nitrogens with zero attached hydrogens (tertiary/aromatic N) is 6. The molecular weight excluding hydrogens is 288 g/mol. The molecule has 1 saturated heterocycles. The summed E-state index contributed by atoms with van der Waals surface area (Å²) in [5.74, 6) is 1.55. The maximum absolute atomic E-state index is 5.56. The molecule has 0 aliphatic carbocycles. The fraction of sp³-hybridized carbons (Fsp3) is 0.385. The molecule has 0 radical (unpaired) electrons. The van der Waals surface area contributed by atoms with Gasteiger partial charge in [-0.05, 0) is 6.92 Å². The Morgan fingerprint density at radius 3 is 3.10 bits per heavy atom. The molecule has 3 aromatic rings.